The van der Waals surface area contributed by atoms with Gasteiger partial charge in [-0.25, -0.2) is 4.39 Å². The Balaban J connectivity index is 2.38. The predicted molar refractivity (Wildman–Crippen MR) is 72.4 cm³/mol. The van der Waals surface area contributed by atoms with E-state index in [-0.39, 0.29) is 30.3 Å². The monoisotopic (exact) mass is 276 g/mol. The van der Waals surface area contributed by atoms with Crippen LogP contribution < -0.4 is 5.32 Å². The summed E-state index contributed by atoms with van der Waals surface area (Å²) in [5, 5.41) is 11.3. The zero-order valence-electron chi connectivity index (χ0n) is 11.6. The molecular formula is C15H17FN2O2. The van der Waals surface area contributed by atoms with E-state index < -0.39 is 5.54 Å². The van der Waals surface area contributed by atoms with Crippen molar-refractivity contribution < 1.29 is 14.0 Å². The number of nitriles is 1. The van der Waals surface area contributed by atoms with Gasteiger partial charge in [-0.3, -0.25) is 9.59 Å². The molecule has 0 fully saturated rings. The highest BCUT2D eigenvalue weighted by molar-refractivity contribution is 5.96. The average molecular weight is 276 g/mol. The normalized spacial score (nSPS) is 10.7. The topological polar surface area (TPSA) is 70.0 Å². The predicted octanol–water partition coefficient (Wildman–Crippen LogP) is 2.60. The molecule has 4 nitrogen and oxygen atoms in total. The number of carbonyl (C=O) groups excluding carboxylic acids is 2. The highest BCUT2D eigenvalue weighted by Crippen LogP contribution is 2.09. The number of amides is 1. The molecule has 0 saturated carbocycles. The Bertz CT molecular complexity index is 530. The molecule has 1 aromatic carbocycles. The zero-order chi connectivity index (χ0) is 15.2. The van der Waals surface area contributed by atoms with Gasteiger partial charge in [0.1, 0.15) is 11.4 Å². The van der Waals surface area contributed by atoms with Crippen molar-refractivity contribution in [1.29, 1.82) is 5.26 Å². The molecule has 1 amide bonds. The van der Waals surface area contributed by atoms with Crippen molar-refractivity contribution in [1.82, 2.24) is 5.32 Å². The molecule has 0 atom stereocenters. The lowest BCUT2D eigenvalue weighted by Gasteiger charge is -2.17. The van der Waals surface area contributed by atoms with Gasteiger partial charge in [0.2, 0.25) is 5.91 Å². The maximum absolute atomic E-state index is 12.7. The van der Waals surface area contributed by atoms with E-state index in [1.54, 1.807) is 13.8 Å². The van der Waals surface area contributed by atoms with Crippen molar-refractivity contribution in [2.24, 2.45) is 0 Å². The summed E-state index contributed by atoms with van der Waals surface area (Å²) in [4.78, 5) is 23.3. The summed E-state index contributed by atoms with van der Waals surface area (Å²) < 4.78 is 12.7. The largest absolute Gasteiger partial charge is 0.338 e. The number of Topliss-reactive ketones (excluding diaryl/α,β-unsaturated/α-hetero) is 1. The van der Waals surface area contributed by atoms with Crippen LogP contribution in [0.4, 0.5) is 4.39 Å². The third-order valence-corrected chi connectivity index (χ3v) is 2.71. The maximum atomic E-state index is 12.7. The van der Waals surface area contributed by atoms with Crippen molar-refractivity contribution in [2.75, 3.05) is 0 Å². The molecule has 0 aliphatic rings. The van der Waals surface area contributed by atoms with Crippen LogP contribution in [0.25, 0.3) is 0 Å². The second-order valence-corrected chi connectivity index (χ2v) is 5.07. The highest BCUT2D eigenvalue weighted by Gasteiger charge is 2.19. The molecule has 0 spiro atoms. The molecule has 20 heavy (non-hydrogen) atoms. The minimum Gasteiger partial charge on any atom is -0.338 e. The van der Waals surface area contributed by atoms with Gasteiger partial charge in [-0.1, -0.05) is 0 Å². The van der Waals surface area contributed by atoms with Crippen LogP contribution in [0.5, 0.6) is 0 Å². The number of carbonyl (C=O) groups is 2. The fourth-order valence-electron chi connectivity index (χ4n) is 1.63. The Morgan fingerprint density at radius 2 is 1.85 bits per heavy atom. The number of nitrogens with one attached hydrogen (secondary N) is 1. The van der Waals surface area contributed by atoms with Gasteiger partial charge in [0.25, 0.3) is 0 Å². The summed E-state index contributed by atoms with van der Waals surface area (Å²) in [6.07, 6.45) is 0.785. The Morgan fingerprint density at radius 3 is 2.40 bits per heavy atom. The second-order valence-electron chi connectivity index (χ2n) is 5.07. The van der Waals surface area contributed by atoms with Crippen LogP contribution in [-0.4, -0.2) is 17.2 Å². The van der Waals surface area contributed by atoms with Crippen LogP contribution in [0, 0.1) is 17.1 Å². The number of hydrogen-bond acceptors (Lipinski definition) is 3. The molecule has 1 rings (SSSR count). The van der Waals surface area contributed by atoms with Gasteiger partial charge in [-0.15, -0.1) is 0 Å². The first-order valence-corrected chi connectivity index (χ1v) is 6.35. The minimum atomic E-state index is -0.905. The van der Waals surface area contributed by atoms with Gasteiger partial charge < -0.3 is 5.32 Å². The molecule has 0 aromatic heterocycles. The van der Waals surface area contributed by atoms with Crippen LogP contribution in [0.3, 0.4) is 0 Å². The summed E-state index contributed by atoms with van der Waals surface area (Å²) in [5.74, 6) is -0.777. The number of benzene rings is 1. The SMILES string of the molecule is CC(C)(C#N)NC(=O)CCCC(=O)c1ccc(F)cc1. The lowest BCUT2D eigenvalue weighted by atomic mass is 10.0. The summed E-state index contributed by atoms with van der Waals surface area (Å²) in [6, 6.07) is 7.29. The molecule has 1 N–H and O–H groups in total. The number of rotatable bonds is 6. The first-order valence-electron chi connectivity index (χ1n) is 6.35. The third-order valence-electron chi connectivity index (χ3n) is 2.71. The molecule has 0 saturated heterocycles. The van der Waals surface area contributed by atoms with E-state index >= 15 is 0 Å². The van der Waals surface area contributed by atoms with E-state index in [2.05, 4.69) is 5.32 Å². The van der Waals surface area contributed by atoms with Crippen molar-refractivity contribution >= 4 is 11.7 Å². The second kappa shape index (κ2) is 6.80. The lowest BCUT2D eigenvalue weighted by molar-refractivity contribution is -0.122. The fraction of sp³-hybridized carbons (Fsp3) is 0.400. The van der Waals surface area contributed by atoms with Crippen LogP contribution in [-0.2, 0) is 4.79 Å². The van der Waals surface area contributed by atoms with Gasteiger partial charge >= 0.3 is 0 Å². The van der Waals surface area contributed by atoms with Crippen molar-refractivity contribution in [3.05, 3.63) is 35.6 Å². The zero-order valence-corrected chi connectivity index (χ0v) is 11.6. The van der Waals surface area contributed by atoms with E-state index in [4.69, 9.17) is 5.26 Å². The molecule has 5 heteroatoms. The molecule has 0 bridgehead atoms. The molecule has 1 aromatic rings. The Morgan fingerprint density at radius 1 is 1.25 bits per heavy atom. The van der Waals surface area contributed by atoms with E-state index in [0.29, 0.717) is 12.0 Å². The summed E-state index contributed by atoms with van der Waals surface area (Å²) in [5.41, 5.74) is -0.470. The van der Waals surface area contributed by atoms with Crippen LogP contribution in [0.2, 0.25) is 0 Å². The number of nitrogens with zero attached hydrogens (tertiary/aromatic N) is 1. The Labute approximate surface area is 117 Å². The summed E-state index contributed by atoms with van der Waals surface area (Å²) in [6.45, 7) is 3.21. The molecule has 0 unspecified atom stereocenters. The van der Waals surface area contributed by atoms with Gasteiger partial charge in [0.05, 0.1) is 6.07 Å². The number of ketones is 1. The first-order chi connectivity index (χ1) is 9.34. The van der Waals surface area contributed by atoms with E-state index in [0.717, 1.165) is 0 Å². The number of hydrogen-bond donors (Lipinski definition) is 1. The van der Waals surface area contributed by atoms with E-state index in [1.165, 1.54) is 24.3 Å². The van der Waals surface area contributed by atoms with Crippen molar-refractivity contribution in [3.63, 3.8) is 0 Å². The van der Waals surface area contributed by atoms with Gasteiger partial charge in [0, 0.05) is 18.4 Å². The third kappa shape index (κ3) is 5.19. The molecule has 0 radical (unpaired) electrons. The number of halogens is 1. The maximum Gasteiger partial charge on any atom is 0.221 e. The molecular weight excluding hydrogens is 259 g/mol. The first kappa shape index (κ1) is 15.8. The van der Waals surface area contributed by atoms with Gasteiger partial charge in [-0.2, -0.15) is 5.26 Å². The Kier molecular flexibility index (Phi) is 5.39. The van der Waals surface area contributed by atoms with Crippen molar-refractivity contribution in [3.8, 4) is 6.07 Å². The lowest BCUT2D eigenvalue weighted by Crippen LogP contribution is -2.41. The molecule has 106 valence electrons. The molecule has 0 heterocycles. The quantitative estimate of drug-likeness (QED) is 0.812. The standard InChI is InChI=1S/C15H17FN2O2/c1-15(2,10-17)18-14(20)5-3-4-13(19)11-6-8-12(16)9-7-11/h6-9H,3-5H2,1-2H3,(H,18,20). The highest BCUT2D eigenvalue weighted by atomic mass is 19.1. The fourth-order valence-corrected chi connectivity index (χ4v) is 1.63. The molecule has 0 aliphatic heterocycles. The van der Waals surface area contributed by atoms with Crippen molar-refractivity contribution in [2.45, 2.75) is 38.6 Å². The average Bonchev–Trinajstić information content (AvgIpc) is 2.38. The molecule has 0 aliphatic carbocycles. The summed E-state index contributed by atoms with van der Waals surface area (Å²) in [7, 11) is 0. The van der Waals surface area contributed by atoms with Gasteiger partial charge in [-0.05, 0) is 44.5 Å². The minimum absolute atomic E-state index is 0.127. The van der Waals surface area contributed by atoms with Crippen LogP contribution >= 0.6 is 0 Å². The Hall–Kier alpha value is -2.22. The van der Waals surface area contributed by atoms with Crippen LogP contribution in [0.1, 0.15) is 43.5 Å². The smallest absolute Gasteiger partial charge is 0.221 e. The van der Waals surface area contributed by atoms with Gasteiger partial charge in [0.15, 0.2) is 5.78 Å². The van der Waals surface area contributed by atoms with E-state index in [9.17, 15) is 14.0 Å². The van der Waals surface area contributed by atoms with Crippen LogP contribution in [0.15, 0.2) is 24.3 Å². The van der Waals surface area contributed by atoms with E-state index in [1.807, 2.05) is 6.07 Å². The summed E-state index contributed by atoms with van der Waals surface area (Å²) >= 11 is 0.